The highest BCUT2D eigenvalue weighted by Crippen LogP contribution is 2.36. The predicted octanol–water partition coefficient (Wildman–Crippen LogP) is 1.36. The van der Waals surface area contributed by atoms with E-state index in [0.29, 0.717) is 11.4 Å². The summed E-state index contributed by atoms with van der Waals surface area (Å²) < 4.78 is 41.7. The third-order valence-corrected chi connectivity index (χ3v) is 5.89. The first-order chi connectivity index (χ1) is 10.8. The Labute approximate surface area is 134 Å². The molecule has 23 heavy (non-hydrogen) atoms. The van der Waals surface area contributed by atoms with Crippen LogP contribution in [0.4, 0.5) is 4.39 Å². The zero-order chi connectivity index (χ0) is 16.8. The Balaban J connectivity index is 2.00. The monoisotopic (exact) mass is 339 g/mol. The van der Waals surface area contributed by atoms with Crippen molar-refractivity contribution in [2.75, 3.05) is 6.54 Å². The van der Waals surface area contributed by atoms with Gasteiger partial charge in [0, 0.05) is 19.8 Å². The van der Waals surface area contributed by atoms with E-state index in [-0.39, 0.29) is 23.8 Å². The highest BCUT2D eigenvalue weighted by Gasteiger charge is 2.41. The van der Waals surface area contributed by atoms with Crippen molar-refractivity contribution >= 4 is 10.0 Å². The van der Waals surface area contributed by atoms with Crippen LogP contribution >= 0.6 is 0 Å². The molecule has 1 fully saturated rings. The molecular weight excluding hydrogens is 321 g/mol. The number of nitrogens with zero attached hydrogens (tertiary/aromatic N) is 3. The average molecular weight is 339 g/mol. The molecule has 2 atom stereocenters. The lowest BCUT2D eigenvalue weighted by Gasteiger charge is -2.23. The predicted molar refractivity (Wildman–Crippen MR) is 81.6 cm³/mol. The van der Waals surface area contributed by atoms with Gasteiger partial charge in [-0.05, 0) is 31.0 Å². The number of aryl methyl sites for hydroxylation is 2. The second kappa shape index (κ2) is 5.70. The average Bonchev–Trinajstić information content (AvgIpc) is 3.04. The molecule has 1 aromatic heterocycles. The highest BCUT2D eigenvalue weighted by atomic mass is 32.2. The summed E-state index contributed by atoms with van der Waals surface area (Å²) in [6.07, 6.45) is 0.970. The van der Waals surface area contributed by atoms with Crippen molar-refractivity contribution < 1.29 is 17.9 Å². The van der Waals surface area contributed by atoms with E-state index in [4.69, 9.17) is 0 Å². The second-order valence-corrected chi connectivity index (χ2v) is 7.61. The van der Waals surface area contributed by atoms with Crippen molar-refractivity contribution in [3.63, 3.8) is 0 Å². The fourth-order valence-corrected chi connectivity index (χ4v) is 4.50. The number of β-amino-alcohol motifs (C(OH)–C–C–N with tert-alkyl or cyclic N) is 1. The molecule has 2 aromatic rings. The van der Waals surface area contributed by atoms with Gasteiger partial charge in [-0.1, -0.05) is 12.1 Å². The zero-order valence-electron chi connectivity index (χ0n) is 12.8. The van der Waals surface area contributed by atoms with Crippen molar-refractivity contribution in [2.45, 2.75) is 30.5 Å². The standard InChI is InChI=1S/C15H18FN3O3S/c1-10-17-15(9-18(10)2)23(21,22)19-8-13(20)7-14(19)11-3-5-12(16)6-4-11/h3-6,9,13-14,20H,7-8H2,1-2H3. The number of aliphatic hydroxyl groups is 1. The van der Waals surface area contributed by atoms with Crippen molar-refractivity contribution in [3.05, 3.63) is 47.7 Å². The number of hydrogen-bond donors (Lipinski definition) is 1. The number of benzene rings is 1. The number of hydrogen-bond acceptors (Lipinski definition) is 4. The summed E-state index contributed by atoms with van der Waals surface area (Å²) >= 11 is 0. The van der Waals surface area contributed by atoms with Crippen LogP contribution in [0.25, 0.3) is 0 Å². The molecule has 0 aliphatic carbocycles. The van der Waals surface area contributed by atoms with Gasteiger partial charge in [0.05, 0.1) is 12.1 Å². The lowest BCUT2D eigenvalue weighted by Crippen LogP contribution is -2.32. The molecule has 0 spiro atoms. The Kier molecular flexibility index (Phi) is 3.99. The number of aliphatic hydroxyl groups excluding tert-OH is 1. The molecule has 2 heterocycles. The van der Waals surface area contributed by atoms with Crippen LogP contribution in [-0.4, -0.2) is 40.0 Å². The summed E-state index contributed by atoms with van der Waals surface area (Å²) in [6.45, 7) is 1.72. The first-order valence-electron chi connectivity index (χ1n) is 7.24. The lowest BCUT2D eigenvalue weighted by molar-refractivity contribution is 0.188. The number of rotatable bonds is 3. The summed E-state index contributed by atoms with van der Waals surface area (Å²) in [5.41, 5.74) is 0.652. The Bertz CT molecular complexity index is 797. The van der Waals surface area contributed by atoms with Gasteiger partial charge in [0.25, 0.3) is 10.0 Å². The van der Waals surface area contributed by atoms with Crippen LogP contribution in [0.3, 0.4) is 0 Å². The Morgan fingerprint density at radius 3 is 2.52 bits per heavy atom. The van der Waals surface area contributed by atoms with Gasteiger partial charge in [-0.15, -0.1) is 0 Å². The Morgan fingerprint density at radius 2 is 1.96 bits per heavy atom. The van der Waals surface area contributed by atoms with Crippen LogP contribution < -0.4 is 0 Å². The quantitative estimate of drug-likeness (QED) is 0.916. The van der Waals surface area contributed by atoms with Gasteiger partial charge in [-0.25, -0.2) is 17.8 Å². The number of halogens is 1. The molecule has 8 heteroatoms. The molecule has 1 aliphatic rings. The van der Waals surface area contributed by atoms with Gasteiger partial charge in [-0.2, -0.15) is 4.31 Å². The molecule has 1 aliphatic heterocycles. The number of sulfonamides is 1. The molecule has 0 saturated carbocycles. The highest BCUT2D eigenvalue weighted by molar-refractivity contribution is 7.89. The molecule has 6 nitrogen and oxygen atoms in total. The molecule has 0 radical (unpaired) electrons. The minimum atomic E-state index is -3.83. The van der Waals surface area contributed by atoms with Crippen molar-refractivity contribution in [3.8, 4) is 0 Å². The molecule has 0 bridgehead atoms. The molecule has 3 rings (SSSR count). The van der Waals surface area contributed by atoms with E-state index in [1.165, 1.54) is 22.6 Å². The van der Waals surface area contributed by atoms with E-state index in [1.54, 1.807) is 30.7 Å². The maximum Gasteiger partial charge on any atom is 0.262 e. The maximum atomic E-state index is 13.1. The molecule has 124 valence electrons. The first kappa shape index (κ1) is 16.1. The summed E-state index contributed by atoms with van der Waals surface area (Å²) in [5.74, 6) is 0.198. The van der Waals surface area contributed by atoms with Gasteiger partial charge in [0.15, 0.2) is 5.03 Å². The van der Waals surface area contributed by atoms with E-state index >= 15 is 0 Å². The summed E-state index contributed by atoms with van der Waals surface area (Å²) in [7, 11) is -2.11. The van der Waals surface area contributed by atoms with Gasteiger partial charge in [0.1, 0.15) is 11.6 Å². The fourth-order valence-electron chi connectivity index (χ4n) is 2.81. The lowest BCUT2D eigenvalue weighted by atomic mass is 10.0. The summed E-state index contributed by atoms with van der Waals surface area (Å²) in [5, 5.41) is 9.91. The van der Waals surface area contributed by atoms with Crippen molar-refractivity contribution in [1.29, 1.82) is 0 Å². The third-order valence-electron chi connectivity index (χ3n) is 4.15. The smallest absolute Gasteiger partial charge is 0.262 e. The topological polar surface area (TPSA) is 75.4 Å². The molecule has 1 N–H and O–H groups in total. The van der Waals surface area contributed by atoms with Gasteiger partial charge in [-0.3, -0.25) is 0 Å². The van der Waals surface area contributed by atoms with Crippen LogP contribution in [0.1, 0.15) is 23.9 Å². The Morgan fingerprint density at radius 1 is 1.30 bits per heavy atom. The van der Waals surface area contributed by atoms with Crippen LogP contribution in [0.2, 0.25) is 0 Å². The molecule has 1 aromatic carbocycles. The van der Waals surface area contributed by atoms with Gasteiger partial charge < -0.3 is 9.67 Å². The van der Waals surface area contributed by atoms with Gasteiger partial charge in [0.2, 0.25) is 0 Å². The van der Waals surface area contributed by atoms with E-state index < -0.39 is 22.2 Å². The fraction of sp³-hybridized carbons (Fsp3) is 0.400. The first-order valence-corrected chi connectivity index (χ1v) is 8.68. The largest absolute Gasteiger partial charge is 0.392 e. The number of aromatic nitrogens is 2. The van der Waals surface area contributed by atoms with Crippen LogP contribution in [0, 0.1) is 12.7 Å². The molecule has 2 unspecified atom stereocenters. The van der Waals surface area contributed by atoms with Crippen LogP contribution in [-0.2, 0) is 17.1 Å². The normalized spacial score (nSPS) is 22.6. The van der Waals surface area contributed by atoms with Crippen molar-refractivity contribution in [2.24, 2.45) is 7.05 Å². The maximum absolute atomic E-state index is 13.1. The van der Waals surface area contributed by atoms with E-state index in [1.807, 2.05) is 0 Å². The van der Waals surface area contributed by atoms with Crippen LogP contribution in [0.15, 0.2) is 35.5 Å². The van der Waals surface area contributed by atoms with Crippen LogP contribution in [0.5, 0.6) is 0 Å². The third kappa shape index (κ3) is 2.89. The second-order valence-electron chi connectivity index (χ2n) is 5.77. The van der Waals surface area contributed by atoms with Gasteiger partial charge >= 0.3 is 0 Å². The van der Waals surface area contributed by atoms with E-state index in [9.17, 15) is 17.9 Å². The Hall–Kier alpha value is -1.77. The molecular formula is C15H18FN3O3S. The SMILES string of the molecule is Cc1nc(S(=O)(=O)N2CC(O)CC2c2ccc(F)cc2)cn1C. The van der Waals surface area contributed by atoms with E-state index in [2.05, 4.69) is 4.98 Å². The minimum absolute atomic E-state index is 0.00000165. The molecule has 1 saturated heterocycles. The van der Waals surface area contributed by atoms with E-state index in [0.717, 1.165) is 0 Å². The molecule has 0 amide bonds. The number of imidazole rings is 1. The van der Waals surface area contributed by atoms with Crippen molar-refractivity contribution in [1.82, 2.24) is 13.9 Å². The minimum Gasteiger partial charge on any atom is -0.392 e. The zero-order valence-corrected chi connectivity index (χ0v) is 13.7. The summed E-state index contributed by atoms with van der Waals surface area (Å²) in [6, 6.07) is 5.14. The summed E-state index contributed by atoms with van der Waals surface area (Å²) in [4.78, 5) is 4.09.